The standard InChI is InChI=1S/C24H21ClFN3O3/c1-15(16-2-5-19(6-3-16)32-22-7-4-18(25)10-20(22)26)29-23(31)24(8-9-24)11-21(30)17-12-27-14-28-13-17/h2-7,10,12-15H,8-9,11H2,1H3,(H,29,31). The molecule has 6 nitrogen and oxygen atoms in total. The predicted molar refractivity (Wildman–Crippen MR) is 117 cm³/mol. The van der Waals surface area contributed by atoms with Crippen molar-refractivity contribution in [2.45, 2.75) is 32.2 Å². The zero-order valence-corrected chi connectivity index (χ0v) is 18.1. The molecule has 1 atom stereocenters. The number of hydrogen-bond acceptors (Lipinski definition) is 5. The Morgan fingerprint density at radius 1 is 1.16 bits per heavy atom. The van der Waals surface area contributed by atoms with Crippen LogP contribution in [0.2, 0.25) is 5.02 Å². The van der Waals surface area contributed by atoms with Crippen molar-refractivity contribution in [3.05, 3.63) is 83.2 Å². The number of hydrogen-bond donors (Lipinski definition) is 1. The molecule has 1 unspecified atom stereocenters. The lowest BCUT2D eigenvalue weighted by molar-refractivity contribution is -0.127. The lowest BCUT2D eigenvalue weighted by Gasteiger charge is -2.20. The van der Waals surface area contributed by atoms with Gasteiger partial charge in [-0.15, -0.1) is 0 Å². The van der Waals surface area contributed by atoms with E-state index in [1.54, 1.807) is 30.3 Å². The van der Waals surface area contributed by atoms with Crippen LogP contribution in [0.5, 0.6) is 11.5 Å². The number of ketones is 1. The number of nitrogens with one attached hydrogen (secondary N) is 1. The molecule has 32 heavy (non-hydrogen) atoms. The van der Waals surface area contributed by atoms with Crippen molar-refractivity contribution in [1.82, 2.24) is 15.3 Å². The molecule has 0 bridgehead atoms. The average molecular weight is 454 g/mol. The molecule has 1 saturated carbocycles. The first-order valence-electron chi connectivity index (χ1n) is 10.2. The largest absolute Gasteiger partial charge is 0.454 e. The maximum atomic E-state index is 13.9. The Kier molecular flexibility index (Phi) is 6.19. The van der Waals surface area contributed by atoms with Gasteiger partial charge in [-0.3, -0.25) is 9.59 Å². The van der Waals surface area contributed by atoms with Gasteiger partial charge in [0.25, 0.3) is 0 Å². The van der Waals surface area contributed by atoms with Crippen LogP contribution in [0.3, 0.4) is 0 Å². The Labute approximate surface area is 189 Å². The summed E-state index contributed by atoms with van der Waals surface area (Å²) in [7, 11) is 0. The molecule has 164 valence electrons. The molecule has 1 aliphatic rings. The van der Waals surface area contributed by atoms with Crippen LogP contribution in [0.15, 0.2) is 61.2 Å². The molecule has 1 aromatic heterocycles. The molecule has 0 spiro atoms. The van der Waals surface area contributed by atoms with Gasteiger partial charge in [-0.05, 0) is 55.7 Å². The van der Waals surface area contributed by atoms with Crippen LogP contribution >= 0.6 is 11.6 Å². The number of carbonyl (C=O) groups is 2. The molecule has 1 fully saturated rings. The molecule has 0 saturated heterocycles. The Bertz CT molecular complexity index is 1130. The van der Waals surface area contributed by atoms with Gasteiger partial charge in [0.2, 0.25) is 5.91 Å². The third-order valence-corrected chi connectivity index (χ3v) is 5.80. The van der Waals surface area contributed by atoms with Gasteiger partial charge in [0.05, 0.1) is 17.0 Å². The predicted octanol–water partition coefficient (Wildman–Crippen LogP) is 5.29. The summed E-state index contributed by atoms with van der Waals surface area (Å²) in [6, 6.07) is 11.0. The molecule has 1 amide bonds. The van der Waals surface area contributed by atoms with Gasteiger partial charge in [-0.1, -0.05) is 23.7 Å². The number of amides is 1. The molecule has 1 aliphatic carbocycles. The summed E-state index contributed by atoms with van der Waals surface area (Å²) in [5, 5.41) is 3.30. The highest BCUT2D eigenvalue weighted by atomic mass is 35.5. The fourth-order valence-electron chi connectivity index (χ4n) is 3.43. The minimum atomic E-state index is -0.670. The first-order chi connectivity index (χ1) is 15.4. The molecule has 0 radical (unpaired) electrons. The van der Waals surface area contributed by atoms with E-state index in [1.165, 1.54) is 30.9 Å². The minimum absolute atomic E-state index is 0.0765. The van der Waals surface area contributed by atoms with E-state index in [2.05, 4.69) is 15.3 Å². The maximum Gasteiger partial charge on any atom is 0.227 e. The summed E-state index contributed by atoms with van der Waals surface area (Å²) in [4.78, 5) is 33.1. The molecule has 1 N–H and O–H groups in total. The van der Waals surface area contributed by atoms with Gasteiger partial charge in [0.15, 0.2) is 17.3 Å². The number of benzene rings is 2. The smallest absolute Gasteiger partial charge is 0.227 e. The SMILES string of the molecule is CC(NC(=O)C1(CC(=O)c2cncnc2)CC1)c1ccc(Oc2ccc(Cl)cc2F)cc1. The average Bonchev–Trinajstić information content (AvgIpc) is 3.57. The summed E-state index contributed by atoms with van der Waals surface area (Å²) in [5.41, 5.74) is 0.601. The normalized spacial score (nSPS) is 15.0. The highest BCUT2D eigenvalue weighted by Crippen LogP contribution is 2.50. The number of Topliss-reactive ketones (excluding diaryl/α,β-unsaturated/α-hetero) is 1. The third kappa shape index (κ3) is 4.94. The molecule has 2 aromatic carbocycles. The minimum Gasteiger partial charge on any atom is -0.454 e. The molecular formula is C24H21ClFN3O3. The van der Waals surface area contributed by atoms with Crippen molar-refractivity contribution in [3.8, 4) is 11.5 Å². The summed E-state index contributed by atoms with van der Waals surface area (Å²) >= 11 is 5.76. The Balaban J connectivity index is 1.36. The zero-order valence-electron chi connectivity index (χ0n) is 17.3. The zero-order chi connectivity index (χ0) is 22.7. The van der Waals surface area contributed by atoms with Gasteiger partial charge in [-0.25, -0.2) is 14.4 Å². The summed E-state index contributed by atoms with van der Waals surface area (Å²) < 4.78 is 19.5. The van der Waals surface area contributed by atoms with Crippen LogP contribution in [0.1, 0.15) is 48.1 Å². The highest BCUT2D eigenvalue weighted by molar-refractivity contribution is 6.30. The van der Waals surface area contributed by atoms with Gasteiger partial charge in [0.1, 0.15) is 12.1 Å². The molecule has 1 heterocycles. The topological polar surface area (TPSA) is 81.2 Å². The second kappa shape index (κ2) is 9.04. The summed E-state index contributed by atoms with van der Waals surface area (Å²) in [6.45, 7) is 1.87. The lowest BCUT2D eigenvalue weighted by atomic mass is 9.95. The van der Waals surface area contributed by atoms with E-state index in [0.717, 1.165) is 5.56 Å². The van der Waals surface area contributed by atoms with E-state index >= 15 is 0 Å². The summed E-state index contributed by atoms with van der Waals surface area (Å²) in [5.74, 6) is -0.287. The number of ether oxygens (including phenoxy) is 1. The molecular weight excluding hydrogens is 433 g/mol. The van der Waals surface area contributed by atoms with E-state index in [0.29, 0.717) is 29.2 Å². The fourth-order valence-corrected chi connectivity index (χ4v) is 3.59. The molecule has 0 aliphatic heterocycles. The van der Waals surface area contributed by atoms with Crippen LogP contribution in [0.25, 0.3) is 0 Å². The molecule has 4 rings (SSSR count). The summed E-state index contributed by atoms with van der Waals surface area (Å²) in [6.07, 6.45) is 5.77. The van der Waals surface area contributed by atoms with Gasteiger partial charge < -0.3 is 10.1 Å². The van der Waals surface area contributed by atoms with Crippen molar-refractivity contribution in [1.29, 1.82) is 0 Å². The van der Waals surface area contributed by atoms with Crippen LogP contribution in [0, 0.1) is 11.2 Å². The maximum absolute atomic E-state index is 13.9. The van der Waals surface area contributed by atoms with Crippen molar-refractivity contribution in [2.75, 3.05) is 0 Å². The number of halogens is 2. The van der Waals surface area contributed by atoms with Crippen molar-refractivity contribution in [3.63, 3.8) is 0 Å². The van der Waals surface area contributed by atoms with Gasteiger partial charge >= 0.3 is 0 Å². The quantitative estimate of drug-likeness (QED) is 0.468. The second-order valence-corrected chi connectivity index (χ2v) is 8.38. The van der Waals surface area contributed by atoms with E-state index < -0.39 is 11.2 Å². The monoisotopic (exact) mass is 453 g/mol. The Hall–Kier alpha value is -3.32. The van der Waals surface area contributed by atoms with Gasteiger partial charge in [0, 0.05) is 23.8 Å². The van der Waals surface area contributed by atoms with Crippen LogP contribution in [-0.2, 0) is 4.79 Å². The van der Waals surface area contributed by atoms with E-state index in [4.69, 9.17) is 16.3 Å². The molecule has 8 heteroatoms. The number of aromatic nitrogens is 2. The van der Waals surface area contributed by atoms with E-state index in [-0.39, 0.29) is 29.9 Å². The van der Waals surface area contributed by atoms with Crippen LogP contribution in [-0.4, -0.2) is 21.7 Å². The van der Waals surface area contributed by atoms with E-state index in [9.17, 15) is 14.0 Å². The number of carbonyl (C=O) groups excluding carboxylic acids is 2. The molecule has 3 aromatic rings. The van der Waals surface area contributed by atoms with E-state index in [1.807, 2.05) is 6.92 Å². The highest BCUT2D eigenvalue weighted by Gasteiger charge is 2.51. The Morgan fingerprint density at radius 2 is 1.84 bits per heavy atom. The Morgan fingerprint density at radius 3 is 2.47 bits per heavy atom. The lowest BCUT2D eigenvalue weighted by Crippen LogP contribution is -2.35. The second-order valence-electron chi connectivity index (χ2n) is 7.95. The van der Waals surface area contributed by atoms with Gasteiger partial charge in [-0.2, -0.15) is 0 Å². The fraction of sp³-hybridized carbons (Fsp3) is 0.250. The number of nitrogens with zero attached hydrogens (tertiary/aromatic N) is 2. The number of rotatable bonds is 8. The third-order valence-electron chi connectivity index (χ3n) is 5.57. The van der Waals surface area contributed by atoms with Crippen molar-refractivity contribution < 1.29 is 18.7 Å². The van der Waals surface area contributed by atoms with Crippen LogP contribution in [0.4, 0.5) is 4.39 Å². The van der Waals surface area contributed by atoms with Crippen molar-refractivity contribution in [2.24, 2.45) is 5.41 Å². The van der Waals surface area contributed by atoms with Crippen molar-refractivity contribution >= 4 is 23.3 Å². The first-order valence-corrected chi connectivity index (χ1v) is 10.6. The van der Waals surface area contributed by atoms with Crippen LogP contribution < -0.4 is 10.1 Å². The first kappa shape index (κ1) is 21.9.